The van der Waals surface area contributed by atoms with Gasteiger partial charge in [0.2, 0.25) is 0 Å². The fourth-order valence-electron chi connectivity index (χ4n) is 14.8. The lowest BCUT2D eigenvalue weighted by molar-refractivity contribution is -0.380. The van der Waals surface area contributed by atoms with E-state index in [0.29, 0.717) is 43.4 Å². The lowest BCUT2D eigenvalue weighted by Gasteiger charge is -2.58. The summed E-state index contributed by atoms with van der Waals surface area (Å²) in [5.41, 5.74) is 1.07. The van der Waals surface area contributed by atoms with Crippen molar-refractivity contribution in [2.75, 3.05) is 26.4 Å². The van der Waals surface area contributed by atoms with Gasteiger partial charge in [-0.15, -0.1) is 0 Å². The van der Waals surface area contributed by atoms with E-state index >= 15 is 0 Å². The number of fused-ring (bicyclic) bond motifs is 7. The van der Waals surface area contributed by atoms with Gasteiger partial charge in [-0.2, -0.15) is 0 Å². The van der Waals surface area contributed by atoms with Crippen LogP contribution < -0.4 is 0 Å². The molecule has 13 N–H and O–H groups in total. The predicted molar refractivity (Wildman–Crippen MR) is 244 cm³/mol. The first-order valence-electron chi connectivity index (χ1n) is 26.3. The van der Waals surface area contributed by atoms with Crippen LogP contribution in [0.1, 0.15) is 92.4 Å². The highest BCUT2D eigenvalue weighted by molar-refractivity contribution is 5.26. The van der Waals surface area contributed by atoms with Gasteiger partial charge in [-0.25, -0.2) is 0 Å². The van der Waals surface area contributed by atoms with Crippen molar-refractivity contribution in [1.82, 2.24) is 0 Å². The normalized spacial score (nSPS) is 54.9. The zero-order chi connectivity index (χ0) is 51.9. The number of ether oxygens (including phenoxy) is 9. The average molecular weight is 1040 g/mol. The van der Waals surface area contributed by atoms with E-state index in [0.717, 1.165) is 32.1 Å². The maximum atomic E-state index is 12.1. The summed E-state index contributed by atoms with van der Waals surface area (Å²) in [5.74, 6) is -0.222. The Morgan fingerprint density at radius 2 is 1.25 bits per heavy atom. The summed E-state index contributed by atoms with van der Waals surface area (Å²) in [6.45, 7) is 8.58. The third kappa shape index (κ3) is 9.80. The molecule has 9 rings (SSSR count). The van der Waals surface area contributed by atoms with Gasteiger partial charge in [0.15, 0.2) is 30.9 Å². The highest BCUT2D eigenvalue weighted by Crippen LogP contribution is 2.70. The Balaban J connectivity index is 0.843. The van der Waals surface area contributed by atoms with Crippen molar-refractivity contribution in [3.8, 4) is 0 Å². The van der Waals surface area contributed by atoms with Gasteiger partial charge in [0.05, 0.1) is 44.7 Å². The second kappa shape index (κ2) is 21.6. The van der Waals surface area contributed by atoms with Gasteiger partial charge >= 0.3 is 0 Å². The van der Waals surface area contributed by atoms with Crippen molar-refractivity contribution >= 4 is 0 Å². The van der Waals surface area contributed by atoms with E-state index in [1.165, 1.54) is 12.5 Å². The molecule has 6 unspecified atom stereocenters. The first-order chi connectivity index (χ1) is 34.1. The highest BCUT2D eigenvalue weighted by Gasteiger charge is 2.68. The van der Waals surface area contributed by atoms with Gasteiger partial charge in [-0.1, -0.05) is 39.3 Å². The van der Waals surface area contributed by atoms with Crippen LogP contribution in [0.4, 0.5) is 0 Å². The molecule has 4 aliphatic carbocycles. The summed E-state index contributed by atoms with van der Waals surface area (Å²) in [6, 6.07) is 0. The SMILES string of the molecule is C[C@H](CCC1(O)OC2CC3C4CC=C5C[C@@H](O[C@@H]6O[C@H](CO)[C@@H](O[C@@H]7O[C@@H](CO)[C@H](O)[C@H]7O)[C@H](O)[C@H]6O[C@@H]6O[C@@H](C)[C@H](O)[C@@H](O)[C@H]6O)CC[C@]5(C)C4CC[C@]3(C)C2[C@@H]1C)CO[C@@H]1O[C@H](CO)[C@@H](O)[C@H](O)[C@H]1O. The van der Waals surface area contributed by atoms with Crippen LogP contribution >= 0.6 is 0 Å². The van der Waals surface area contributed by atoms with Crippen LogP contribution in [-0.2, 0) is 42.6 Å². The minimum Gasteiger partial charge on any atom is -0.394 e. The first-order valence-corrected chi connectivity index (χ1v) is 26.3. The van der Waals surface area contributed by atoms with Crippen LogP contribution in [0.2, 0.25) is 0 Å². The molecule has 0 radical (unpaired) electrons. The zero-order valence-corrected chi connectivity index (χ0v) is 41.8. The van der Waals surface area contributed by atoms with Crippen LogP contribution in [0.15, 0.2) is 11.6 Å². The standard InChI is InChI=1S/C50H82O22/c1-20(19-64-44-39(60)37(58)34(55)29(16-51)67-44)8-13-50(63)21(2)32-28(72-50)15-27-25-7-6-23-14-24(9-11-48(23,4)26(25)10-12-49(27,32)5)66-47-43(71-45-40(61)36(57)33(54)22(3)65-45)41(62)42(31(18-53)69-47)70-46-38(59)35(56)30(17-52)68-46/h6,20-22,24-47,51-63H,7-19H2,1-5H3/t20-,21+,22+,24+,25?,26?,27?,28?,29-,30+,31-,32?,33+,34-,35+,36-,37+,38-,39-,40-,41+,42-,43-,44-,45+,46+,47-,48+,49+,50?/m1/s1. The lowest BCUT2D eigenvalue weighted by atomic mass is 9.47. The topological polar surface area (TPSA) is 346 Å². The number of aliphatic hydroxyl groups is 13. The molecule has 5 saturated heterocycles. The minimum atomic E-state index is -1.74. The molecular weight excluding hydrogens is 953 g/mol. The summed E-state index contributed by atoms with van der Waals surface area (Å²) < 4.78 is 54.3. The van der Waals surface area contributed by atoms with Gasteiger partial charge in [-0.3, -0.25) is 0 Å². The molecule has 22 heteroatoms. The molecule has 22 nitrogen and oxygen atoms in total. The molecule has 5 aliphatic heterocycles. The van der Waals surface area contributed by atoms with E-state index in [1.807, 2.05) is 6.92 Å². The average Bonchev–Trinajstić information content (AvgIpc) is 3.91. The van der Waals surface area contributed by atoms with Crippen molar-refractivity contribution in [2.24, 2.45) is 46.3 Å². The lowest BCUT2D eigenvalue weighted by Crippen LogP contribution is -2.65. The van der Waals surface area contributed by atoms with Gasteiger partial charge in [-0.05, 0) is 98.7 Å². The van der Waals surface area contributed by atoms with Crippen molar-refractivity contribution in [2.45, 2.75) is 227 Å². The van der Waals surface area contributed by atoms with Gasteiger partial charge in [0.1, 0.15) is 85.5 Å². The fourth-order valence-corrected chi connectivity index (χ4v) is 14.8. The second-order valence-electron chi connectivity index (χ2n) is 23.3. The van der Waals surface area contributed by atoms with E-state index in [4.69, 9.17) is 42.6 Å². The summed E-state index contributed by atoms with van der Waals surface area (Å²) in [6.07, 6.45) is -18.8. The molecule has 3 saturated carbocycles. The smallest absolute Gasteiger partial charge is 0.187 e. The first kappa shape index (κ1) is 55.6. The van der Waals surface area contributed by atoms with E-state index in [2.05, 4.69) is 26.8 Å². The minimum absolute atomic E-state index is 0.0571. The number of hydrogen-bond acceptors (Lipinski definition) is 22. The Morgan fingerprint density at radius 1 is 0.653 bits per heavy atom. The van der Waals surface area contributed by atoms with Crippen LogP contribution in [0.25, 0.3) is 0 Å². The summed E-state index contributed by atoms with van der Waals surface area (Å²) in [7, 11) is 0. The summed E-state index contributed by atoms with van der Waals surface area (Å²) in [4.78, 5) is 0. The Morgan fingerprint density at radius 3 is 1.94 bits per heavy atom. The molecule has 0 aromatic carbocycles. The largest absolute Gasteiger partial charge is 0.394 e. The predicted octanol–water partition coefficient (Wildman–Crippen LogP) is -2.37. The van der Waals surface area contributed by atoms with Crippen LogP contribution in [-0.4, -0.2) is 228 Å². The van der Waals surface area contributed by atoms with E-state index < -0.39 is 148 Å². The van der Waals surface area contributed by atoms with Crippen LogP contribution in [0, 0.1) is 46.3 Å². The molecular formula is C50H82O22. The highest BCUT2D eigenvalue weighted by atomic mass is 16.8. The molecule has 9 aliphatic rings. The molecule has 0 aromatic heterocycles. The summed E-state index contributed by atoms with van der Waals surface area (Å²) >= 11 is 0. The second-order valence-corrected chi connectivity index (χ2v) is 23.3. The molecule has 5 heterocycles. The van der Waals surface area contributed by atoms with E-state index in [1.54, 1.807) is 0 Å². The maximum absolute atomic E-state index is 12.1. The van der Waals surface area contributed by atoms with Gasteiger partial charge in [0, 0.05) is 12.3 Å². The Bertz CT molecular complexity index is 1860. The molecule has 0 aromatic rings. The maximum Gasteiger partial charge on any atom is 0.187 e. The number of hydrogen-bond donors (Lipinski definition) is 13. The van der Waals surface area contributed by atoms with E-state index in [9.17, 15) is 66.4 Å². The van der Waals surface area contributed by atoms with Crippen LogP contribution in [0.3, 0.4) is 0 Å². The summed E-state index contributed by atoms with van der Waals surface area (Å²) in [5, 5.41) is 138. The monoisotopic (exact) mass is 1030 g/mol. The molecule has 0 amide bonds. The zero-order valence-electron chi connectivity index (χ0n) is 41.8. The number of rotatable bonds is 15. The quantitative estimate of drug-likeness (QED) is 0.0763. The van der Waals surface area contributed by atoms with Crippen molar-refractivity contribution in [3.63, 3.8) is 0 Å². The molecule has 0 spiro atoms. The third-order valence-corrected chi connectivity index (χ3v) is 19.2. The van der Waals surface area contributed by atoms with Crippen molar-refractivity contribution < 1.29 is 109 Å². The number of allylic oxidation sites excluding steroid dienone is 1. The molecule has 8 fully saturated rings. The third-order valence-electron chi connectivity index (χ3n) is 19.2. The van der Waals surface area contributed by atoms with Crippen LogP contribution in [0.5, 0.6) is 0 Å². The molecule has 72 heavy (non-hydrogen) atoms. The molecule has 30 atom stereocenters. The fraction of sp³-hybridized carbons (Fsp3) is 0.960. The molecule has 0 bridgehead atoms. The Labute approximate surface area is 419 Å². The Kier molecular flexibility index (Phi) is 16.7. The van der Waals surface area contributed by atoms with E-state index in [-0.39, 0.29) is 41.3 Å². The van der Waals surface area contributed by atoms with Crippen molar-refractivity contribution in [1.29, 1.82) is 0 Å². The van der Waals surface area contributed by atoms with Gasteiger partial charge < -0.3 is 109 Å². The van der Waals surface area contributed by atoms with Crippen molar-refractivity contribution in [3.05, 3.63) is 11.6 Å². The number of aliphatic hydroxyl groups excluding tert-OH is 12. The molecule has 414 valence electrons. The van der Waals surface area contributed by atoms with Gasteiger partial charge in [0.25, 0.3) is 0 Å². The Hall–Kier alpha value is -1.14.